The van der Waals surface area contributed by atoms with Gasteiger partial charge >= 0.3 is 0 Å². The molecule has 11 heavy (non-hydrogen) atoms. The average Bonchev–Trinajstić information content (AvgIpc) is 2.37. The molecule has 0 N–H and O–H groups in total. The molecular weight excluding hydrogens is 140 g/mol. The molecule has 3 heteroatoms. The van der Waals surface area contributed by atoms with Gasteiger partial charge in [-0.2, -0.15) is 0 Å². The number of nitrogens with zero attached hydrogens (tertiary/aromatic N) is 2. The van der Waals surface area contributed by atoms with Gasteiger partial charge in [0.25, 0.3) is 0 Å². The first kappa shape index (κ1) is 7.98. The van der Waals surface area contributed by atoms with Gasteiger partial charge in [-0.25, -0.2) is 4.98 Å². The van der Waals surface area contributed by atoms with E-state index < -0.39 is 0 Å². The summed E-state index contributed by atoms with van der Waals surface area (Å²) in [5, 5.41) is 0. The Morgan fingerprint density at radius 1 is 1.82 bits per heavy atom. The highest BCUT2D eigenvalue weighted by atomic mass is 16.1. The minimum atomic E-state index is 0.0658. The molecule has 1 unspecified atom stereocenters. The van der Waals surface area contributed by atoms with Gasteiger partial charge < -0.3 is 9.36 Å². The van der Waals surface area contributed by atoms with E-state index in [1.54, 1.807) is 6.20 Å². The summed E-state index contributed by atoms with van der Waals surface area (Å²) < 4.78 is 1.93. The molecule has 0 radical (unpaired) electrons. The van der Waals surface area contributed by atoms with Crippen molar-refractivity contribution in [3.63, 3.8) is 0 Å². The van der Waals surface area contributed by atoms with Crippen LogP contribution in [-0.2, 0) is 18.3 Å². The van der Waals surface area contributed by atoms with Crippen LogP contribution in [0.4, 0.5) is 0 Å². The quantitative estimate of drug-likeness (QED) is 0.600. The first-order chi connectivity index (χ1) is 5.24. The lowest BCUT2D eigenvalue weighted by molar-refractivity contribution is -0.110. The molecule has 0 fully saturated rings. The average molecular weight is 152 g/mol. The molecule has 1 heterocycles. The van der Waals surface area contributed by atoms with Crippen LogP contribution >= 0.6 is 0 Å². The van der Waals surface area contributed by atoms with Crippen molar-refractivity contribution in [2.45, 2.75) is 13.3 Å². The Morgan fingerprint density at radius 2 is 2.55 bits per heavy atom. The van der Waals surface area contributed by atoms with Gasteiger partial charge in [0.2, 0.25) is 0 Å². The Labute approximate surface area is 66.1 Å². The lowest BCUT2D eigenvalue weighted by Crippen LogP contribution is -2.05. The molecule has 1 rings (SSSR count). The Kier molecular flexibility index (Phi) is 2.41. The van der Waals surface area contributed by atoms with Crippen molar-refractivity contribution in [3.05, 3.63) is 18.2 Å². The van der Waals surface area contributed by atoms with Crippen LogP contribution in [0, 0.1) is 5.92 Å². The standard InChI is InChI=1S/C8H12N2O/c1-7(6-11)5-8-9-3-4-10(8)2/h3-4,6-7H,5H2,1-2H3. The van der Waals surface area contributed by atoms with Crippen LogP contribution in [-0.4, -0.2) is 15.8 Å². The highest BCUT2D eigenvalue weighted by Gasteiger charge is 2.04. The fourth-order valence-electron chi connectivity index (χ4n) is 0.929. The lowest BCUT2D eigenvalue weighted by atomic mass is 10.1. The Bertz CT molecular complexity index is 242. The molecule has 0 saturated heterocycles. The van der Waals surface area contributed by atoms with E-state index in [4.69, 9.17) is 0 Å². The summed E-state index contributed by atoms with van der Waals surface area (Å²) in [6.45, 7) is 1.89. The molecule has 0 bridgehead atoms. The predicted octanol–water partition coefficient (Wildman–Crippen LogP) is 0.798. The summed E-state index contributed by atoms with van der Waals surface area (Å²) in [5.74, 6) is 1.03. The van der Waals surface area contributed by atoms with Gasteiger partial charge in [0.15, 0.2) is 0 Å². The van der Waals surface area contributed by atoms with Crippen LogP contribution in [0.1, 0.15) is 12.7 Å². The monoisotopic (exact) mass is 152 g/mol. The zero-order valence-electron chi connectivity index (χ0n) is 6.82. The summed E-state index contributed by atoms with van der Waals surface area (Å²) in [6.07, 6.45) is 5.31. The number of hydrogen-bond donors (Lipinski definition) is 0. The maximum atomic E-state index is 10.3. The molecule has 0 aliphatic carbocycles. The van der Waals surface area contributed by atoms with Crippen molar-refractivity contribution < 1.29 is 4.79 Å². The minimum absolute atomic E-state index is 0.0658. The molecule has 0 aliphatic rings. The van der Waals surface area contributed by atoms with Crippen LogP contribution in [0.25, 0.3) is 0 Å². The molecule has 60 valence electrons. The number of rotatable bonds is 3. The van der Waals surface area contributed by atoms with Gasteiger partial charge in [-0.1, -0.05) is 6.92 Å². The van der Waals surface area contributed by atoms with Crippen LogP contribution in [0.2, 0.25) is 0 Å². The maximum Gasteiger partial charge on any atom is 0.123 e. The smallest absolute Gasteiger partial charge is 0.123 e. The van der Waals surface area contributed by atoms with Crippen LogP contribution in [0.15, 0.2) is 12.4 Å². The number of carbonyl (C=O) groups is 1. The Morgan fingerprint density at radius 3 is 3.00 bits per heavy atom. The van der Waals surface area contributed by atoms with Gasteiger partial charge in [-0.3, -0.25) is 0 Å². The lowest BCUT2D eigenvalue weighted by Gasteiger charge is -2.02. The van der Waals surface area contributed by atoms with E-state index in [-0.39, 0.29) is 5.92 Å². The minimum Gasteiger partial charge on any atom is -0.338 e. The normalized spacial score (nSPS) is 12.9. The maximum absolute atomic E-state index is 10.3. The molecule has 0 spiro atoms. The summed E-state index contributed by atoms with van der Waals surface area (Å²) in [4.78, 5) is 14.4. The third kappa shape index (κ3) is 1.90. The number of aromatic nitrogens is 2. The van der Waals surface area contributed by atoms with Gasteiger partial charge in [-0.05, 0) is 0 Å². The van der Waals surface area contributed by atoms with Gasteiger partial charge in [0.05, 0.1) is 0 Å². The van der Waals surface area contributed by atoms with E-state index in [1.807, 2.05) is 24.7 Å². The van der Waals surface area contributed by atoms with Crippen molar-refractivity contribution in [2.75, 3.05) is 0 Å². The van der Waals surface area contributed by atoms with Crippen molar-refractivity contribution in [1.82, 2.24) is 9.55 Å². The van der Waals surface area contributed by atoms with E-state index in [0.717, 1.165) is 18.5 Å². The van der Waals surface area contributed by atoms with Gasteiger partial charge in [0.1, 0.15) is 12.1 Å². The summed E-state index contributed by atoms with van der Waals surface area (Å²) in [7, 11) is 1.93. The third-order valence-electron chi connectivity index (χ3n) is 1.66. The Hall–Kier alpha value is -1.12. The topological polar surface area (TPSA) is 34.9 Å². The van der Waals surface area contributed by atoms with Crippen LogP contribution in [0.5, 0.6) is 0 Å². The van der Waals surface area contributed by atoms with E-state index in [1.165, 1.54) is 0 Å². The fourth-order valence-corrected chi connectivity index (χ4v) is 0.929. The molecule has 3 nitrogen and oxygen atoms in total. The summed E-state index contributed by atoms with van der Waals surface area (Å²) >= 11 is 0. The first-order valence-corrected chi connectivity index (χ1v) is 3.65. The number of hydrogen-bond acceptors (Lipinski definition) is 2. The van der Waals surface area contributed by atoms with Crippen molar-refractivity contribution in [1.29, 1.82) is 0 Å². The summed E-state index contributed by atoms with van der Waals surface area (Å²) in [5.41, 5.74) is 0. The SMILES string of the molecule is CC(C=O)Cc1nccn1C. The van der Waals surface area contributed by atoms with E-state index in [9.17, 15) is 4.79 Å². The van der Waals surface area contributed by atoms with Crippen LogP contribution < -0.4 is 0 Å². The van der Waals surface area contributed by atoms with E-state index in [2.05, 4.69) is 4.98 Å². The second-order valence-corrected chi connectivity index (χ2v) is 2.77. The third-order valence-corrected chi connectivity index (χ3v) is 1.66. The highest BCUT2D eigenvalue weighted by molar-refractivity contribution is 5.53. The first-order valence-electron chi connectivity index (χ1n) is 3.65. The molecule has 0 aromatic carbocycles. The predicted molar refractivity (Wildman–Crippen MR) is 42.1 cm³/mol. The van der Waals surface area contributed by atoms with Crippen molar-refractivity contribution in [3.8, 4) is 0 Å². The second-order valence-electron chi connectivity index (χ2n) is 2.77. The number of imidazole rings is 1. The Balaban J connectivity index is 2.63. The molecule has 1 aromatic heterocycles. The molecule has 1 aromatic rings. The van der Waals surface area contributed by atoms with E-state index in [0.29, 0.717) is 0 Å². The fraction of sp³-hybridized carbons (Fsp3) is 0.500. The number of carbonyl (C=O) groups excluding carboxylic acids is 1. The van der Waals surface area contributed by atoms with E-state index >= 15 is 0 Å². The zero-order chi connectivity index (χ0) is 8.27. The van der Waals surface area contributed by atoms with Gasteiger partial charge in [-0.15, -0.1) is 0 Å². The highest BCUT2D eigenvalue weighted by Crippen LogP contribution is 2.02. The largest absolute Gasteiger partial charge is 0.338 e. The number of aldehydes is 1. The number of aryl methyl sites for hydroxylation is 1. The molecular formula is C8H12N2O. The van der Waals surface area contributed by atoms with Crippen molar-refractivity contribution in [2.24, 2.45) is 13.0 Å². The van der Waals surface area contributed by atoms with Crippen LogP contribution in [0.3, 0.4) is 0 Å². The zero-order valence-corrected chi connectivity index (χ0v) is 6.82. The summed E-state index contributed by atoms with van der Waals surface area (Å²) in [6, 6.07) is 0. The van der Waals surface area contributed by atoms with Crippen molar-refractivity contribution >= 4 is 6.29 Å². The van der Waals surface area contributed by atoms with Gasteiger partial charge in [0, 0.05) is 31.8 Å². The second kappa shape index (κ2) is 3.32. The molecule has 1 atom stereocenters. The molecule has 0 aliphatic heterocycles. The molecule has 0 saturated carbocycles. The molecule has 0 amide bonds.